The Morgan fingerprint density at radius 1 is 1.78 bits per heavy atom. The summed E-state index contributed by atoms with van der Waals surface area (Å²) in [6.45, 7) is 0.224. The maximum Gasteiger partial charge on any atom is 0.375 e. The van der Waals surface area contributed by atoms with Gasteiger partial charge in [-0.05, 0) is 6.08 Å². The van der Waals surface area contributed by atoms with Crippen molar-refractivity contribution in [1.29, 1.82) is 0 Å². The highest BCUT2D eigenvalue weighted by Gasteiger charge is 2.13. The molecule has 0 aromatic carbocycles. The Hall–Kier alpha value is -1.03. The smallest absolute Gasteiger partial charge is 0.375 e. The summed E-state index contributed by atoms with van der Waals surface area (Å²) >= 11 is 0. The fourth-order valence-corrected chi connectivity index (χ4v) is 0.364. The maximum absolute atomic E-state index is 9.93. The minimum atomic E-state index is -1.09. The highest BCUT2D eigenvalue weighted by atomic mass is 17.2. The third-order valence-electron chi connectivity index (χ3n) is 0.696. The van der Waals surface area contributed by atoms with Crippen molar-refractivity contribution in [2.45, 2.75) is 7.43 Å². The summed E-state index contributed by atoms with van der Waals surface area (Å²) in [6.07, 6.45) is 1.35. The van der Waals surface area contributed by atoms with E-state index in [2.05, 4.69) is 9.78 Å². The first-order valence-corrected chi connectivity index (χ1v) is 2.03. The molecule has 1 heterocycles. The lowest BCUT2D eigenvalue weighted by Crippen LogP contribution is -1.98. The third kappa shape index (κ3) is 1.73. The van der Waals surface area contributed by atoms with Crippen molar-refractivity contribution in [3.63, 3.8) is 0 Å². The summed E-state index contributed by atoms with van der Waals surface area (Å²) in [5.74, 6) is -1.23. The molecule has 0 bridgehead atoms. The second-order valence-electron chi connectivity index (χ2n) is 1.24. The van der Waals surface area contributed by atoms with Crippen molar-refractivity contribution in [3.05, 3.63) is 11.8 Å². The zero-order valence-corrected chi connectivity index (χ0v) is 3.96. The second-order valence-corrected chi connectivity index (χ2v) is 1.24. The molecule has 1 N–H and O–H groups in total. The summed E-state index contributed by atoms with van der Waals surface area (Å²) < 4.78 is 0. The van der Waals surface area contributed by atoms with E-state index >= 15 is 0 Å². The van der Waals surface area contributed by atoms with E-state index in [1.807, 2.05) is 0 Å². The fraction of sp³-hybridized carbons (Fsp3) is 0.400. The molecule has 4 heteroatoms. The van der Waals surface area contributed by atoms with E-state index in [-0.39, 0.29) is 19.8 Å². The molecule has 0 aromatic rings. The molecule has 0 aromatic heterocycles. The SMILES string of the molecule is C.O=C(O)C1=CCOO1. The molecule has 1 rings (SSSR count). The zero-order valence-electron chi connectivity index (χ0n) is 3.96. The quantitative estimate of drug-likeness (QED) is 0.529. The molecule has 0 saturated heterocycles. The summed E-state index contributed by atoms with van der Waals surface area (Å²) in [5.41, 5.74) is 0. The van der Waals surface area contributed by atoms with Gasteiger partial charge < -0.3 is 9.99 Å². The zero-order chi connectivity index (χ0) is 5.98. The van der Waals surface area contributed by atoms with Crippen molar-refractivity contribution in [1.82, 2.24) is 0 Å². The van der Waals surface area contributed by atoms with Crippen molar-refractivity contribution < 1.29 is 19.7 Å². The Bertz CT molecular complexity index is 138. The standard InChI is InChI=1S/C4H4O4.CH4/c5-4(6)3-1-2-7-8-3;/h1H,2H2,(H,5,6);1H4. The molecule has 0 atom stereocenters. The molecule has 1 aliphatic heterocycles. The van der Waals surface area contributed by atoms with Gasteiger partial charge in [0.1, 0.15) is 6.61 Å². The van der Waals surface area contributed by atoms with Gasteiger partial charge in [0.25, 0.3) is 0 Å². The van der Waals surface area contributed by atoms with Crippen LogP contribution in [-0.2, 0) is 14.6 Å². The Morgan fingerprint density at radius 2 is 2.44 bits per heavy atom. The minimum absolute atomic E-state index is 0. The lowest BCUT2D eigenvalue weighted by molar-refractivity contribution is -0.236. The number of rotatable bonds is 1. The van der Waals surface area contributed by atoms with Crippen molar-refractivity contribution in [3.8, 4) is 0 Å². The molecule has 0 fully saturated rings. The van der Waals surface area contributed by atoms with Crippen LogP contribution >= 0.6 is 0 Å². The Kier molecular flexibility index (Phi) is 2.73. The van der Waals surface area contributed by atoms with Gasteiger partial charge in [-0.2, -0.15) is 4.89 Å². The molecule has 52 valence electrons. The van der Waals surface area contributed by atoms with E-state index < -0.39 is 5.97 Å². The van der Waals surface area contributed by atoms with Gasteiger partial charge in [0.15, 0.2) is 0 Å². The first-order valence-electron chi connectivity index (χ1n) is 2.03. The number of hydrogen-bond acceptors (Lipinski definition) is 3. The van der Waals surface area contributed by atoms with Gasteiger partial charge in [0, 0.05) is 0 Å². The van der Waals surface area contributed by atoms with Crippen molar-refractivity contribution in [2.24, 2.45) is 0 Å². The number of hydrogen-bond donors (Lipinski definition) is 1. The topological polar surface area (TPSA) is 55.8 Å². The van der Waals surface area contributed by atoms with Crippen molar-refractivity contribution in [2.75, 3.05) is 6.61 Å². The normalized spacial score (nSPS) is 15.3. The minimum Gasteiger partial charge on any atom is -0.475 e. The van der Waals surface area contributed by atoms with Crippen LogP contribution in [0.2, 0.25) is 0 Å². The van der Waals surface area contributed by atoms with Crippen LogP contribution in [0, 0.1) is 0 Å². The number of carboxylic acid groups (broad SMARTS) is 1. The Morgan fingerprint density at radius 3 is 2.67 bits per heavy atom. The molecule has 0 amide bonds. The number of carboxylic acids is 1. The molecule has 0 spiro atoms. The molecular weight excluding hydrogens is 124 g/mol. The molecule has 4 nitrogen and oxygen atoms in total. The van der Waals surface area contributed by atoms with Gasteiger partial charge >= 0.3 is 5.97 Å². The van der Waals surface area contributed by atoms with Crippen LogP contribution in [0.25, 0.3) is 0 Å². The van der Waals surface area contributed by atoms with Crippen molar-refractivity contribution >= 4 is 5.97 Å². The molecule has 1 aliphatic rings. The average Bonchev–Trinajstić information content (AvgIpc) is 2.12. The monoisotopic (exact) mass is 132 g/mol. The largest absolute Gasteiger partial charge is 0.475 e. The molecule has 9 heavy (non-hydrogen) atoms. The van der Waals surface area contributed by atoms with Crippen LogP contribution in [0.15, 0.2) is 11.8 Å². The second kappa shape index (κ2) is 3.09. The fourth-order valence-electron chi connectivity index (χ4n) is 0.364. The van der Waals surface area contributed by atoms with Crippen LogP contribution in [-0.4, -0.2) is 17.7 Å². The van der Waals surface area contributed by atoms with Crippen LogP contribution in [0.1, 0.15) is 7.43 Å². The number of aliphatic carboxylic acids is 1. The first-order chi connectivity index (χ1) is 3.80. The third-order valence-corrected chi connectivity index (χ3v) is 0.696. The van der Waals surface area contributed by atoms with Gasteiger partial charge in [-0.3, -0.25) is 0 Å². The first kappa shape index (κ1) is 7.97. The van der Waals surface area contributed by atoms with E-state index in [1.165, 1.54) is 6.08 Å². The van der Waals surface area contributed by atoms with Gasteiger partial charge in [-0.15, -0.1) is 0 Å². The summed E-state index contributed by atoms with van der Waals surface area (Å²) in [4.78, 5) is 18.3. The van der Waals surface area contributed by atoms with E-state index in [0.717, 1.165) is 0 Å². The van der Waals surface area contributed by atoms with Gasteiger partial charge in [-0.25, -0.2) is 4.79 Å². The Labute approximate surface area is 52.6 Å². The van der Waals surface area contributed by atoms with E-state index in [9.17, 15) is 4.79 Å². The molecule has 0 radical (unpaired) electrons. The lowest BCUT2D eigenvalue weighted by atomic mass is 10.5. The molecular formula is C5H8O4. The van der Waals surface area contributed by atoms with E-state index in [1.54, 1.807) is 0 Å². The van der Waals surface area contributed by atoms with E-state index in [0.29, 0.717) is 0 Å². The van der Waals surface area contributed by atoms with E-state index in [4.69, 9.17) is 5.11 Å². The van der Waals surface area contributed by atoms with Gasteiger partial charge in [0.2, 0.25) is 5.76 Å². The van der Waals surface area contributed by atoms with Crippen LogP contribution in [0.3, 0.4) is 0 Å². The Balaban J connectivity index is 0.000000640. The lowest BCUT2D eigenvalue weighted by Gasteiger charge is -1.90. The molecule has 0 saturated carbocycles. The maximum atomic E-state index is 9.93. The highest BCUT2D eigenvalue weighted by molar-refractivity contribution is 5.84. The van der Waals surface area contributed by atoms with Crippen LogP contribution in [0.4, 0.5) is 0 Å². The summed E-state index contributed by atoms with van der Waals surface area (Å²) in [6, 6.07) is 0. The predicted molar refractivity (Wildman–Crippen MR) is 29.5 cm³/mol. The van der Waals surface area contributed by atoms with Gasteiger partial charge in [0.05, 0.1) is 0 Å². The highest BCUT2D eigenvalue weighted by Crippen LogP contribution is 2.04. The predicted octanol–water partition coefficient (Wildman–Crippen LogP) is 0.553. The molecule has 0 unspecified atom stereocenters. The summed E-state index contributed by atoms with van der Waals surface area (Å²) in [5, 5.41) is 8.14. The molecule has 0 aliphatic carbocycles. The van der Waals surface area contributed by atoms with Crippen LogP contribution in [0.5, 0.6) is 0 Å². The average molecular weight is 132 g/mol. The van der Waals surface area contributed by atoms with Gasteiger partial charge in [-0.1, -0.05) is 7.43 Å². The number of carbonyl (C=O) groups is 1. The van der Waals surface area contributed by atoms with Crippen LogP contribution < -0.4 is 0 Å². The summed E-state index contributed by atoms with van der Waals surface area (Å²) in [7, 11) is 0.